The van der Waals surface area contributed by atoms with Crippen molar-refractivity contribution in [2.24, 2.45) is 17.8 Å². The summed E-state index contributed by atoms with van der Waals surface area (Å²) in [7, 11) is 9.18. The number of carbonyl (C=O) groups is 2. The number of methoxy groups -OCH3 is 6. The van der Waals surface area contributed by atoms with Crippen LogP contribution in [0, 0.1) is 17.8 Å². The molecule has 5 atom stereocenters. The fourth-order valence-electron chi connectivity index (χ4n) is 7.06. The molecule has 0 amide bonds. The van der Waals surface area contributed by atoms with Crippen LogP contribution >= 0.6 is 0 Å². The van der Waals surface area contributed by atoms with Gasteiger partial charge in [-0.05, 0) is 66.1 Å². The lowest BCUT2D eigenvalue weighted by Crippen LogP contribution is -2.54. The summed E-state index contributed by atoms with van der Waals surface area (Å²) in [5.41, 5.74) is 4.26. The van der Waals surface area contributed by atoms with Gasteiger partial charge in [-0.25, -0.2) is 4.79 Å². The van der Waals surface area contributed by atoms with Gasteiger partial charge in [0.05, 0.1) is 41.5 Å². The standard InChI is InChI=1S/C35H44N2O9/c1-20-22(18-37-13-12-25-24-10-9-23(40-2)17-26(24)36-27(25)19-37)16-30(34(44-6)32(20)35(39)45-7)46-31(38)11-8-21-14-28(41-3)33(43-5)29(15-21)42-4/h8-11,14-15,17,20,22,30,32,34,36H,12-13,16,18-19H2,1-7H3/b11-8+/t20-,22+,30+,32-,34-/m0/s1. The van der Waals surface area contributed by atoms with Gasteiger partial charge in [0.25, 0.3) is 0 Å². The second kappa shape index (κ2) is 14.5. The highest BCUT2D eigenvalue weighted by molar-refractivity contribution is 5.88. The lowest BCUT2D eigenvalue weighted by molar-refractivity contribution is -0.180. The molecule has 1 aliphatic carbocycles. The number of nitrogens with one attached hydrogen (secondary N) is 1. The zero-order chi connectivity index (χ0) is 33.0. The Labute approximate surface area is 269 Å². The maximum atomic E-state index is 13.2. The Balaban J connectivity index is 1.33. The van der Waals surface area contributed by atoms with E-state index >= 15 is 0 Å². The molecule has 0 saturated heterocycles. The van der Waals surface area contributed by atoms with Crippen LogP contribution in [0.5, 0.6) is 23.0 Å². The number of rotatable bonds is 11. The quantitative estimate of drug-likeness (QED) is 0.236. The van der Waals surface area contributed by atoms with Crippen molar-refractivity contribution >= 4 is 28.9 Å². The maximum absolute atomic E-state index is 13.2. The van der Waals surface area contributed by atoms with Crippen LogP contribution in [0.25, 0.3) is 17.0 Å². The minimum Gasteiger partial charge on any atom is -0.497 e. The van der Waals surface area contributed by atoms with Gasteiger partial charge in [-0.1, -0.05) is 6.92 Å². The molecule has 248 valence electrons. The van der Waals surface area contributed by atoms with Crippen molar-refractivity contribution in [3.63, 3.8) is 0 Å². The van der Waals surface area contributed by atoms with Crippen molar-refractivity contribution in [1.29, 1.82) is 0 Å². The molecule has 5 rings (SSSR count). The van der Waals surface area contributed by atoms with Crippen LogP contribution in [0.3, 0.4) is 0 Å². The first kappa shape index (κ1) is 33.2. The summed E-state index contributed by atoms with van der Waals surface area (Å²) >= 11 is 0. The summed E-state index contributed by atoms with van der Waals surface area (Å²) in [5, 5.41) is 1.22. The molecule has 1 N–H and O–H groups in total. The summed E-state index contributed by atoms with van der Waals surface area (Å²) in [6, 6.07) is 9.61. The fourth-order valence-corrected chi connectivity index (χ4v) is 7.06. The number of esters is 2. The Morgan fingerprint density at radius 1 is 0.978 bits per heavy atom. The average molecular weight is 637 g/mol. The second-order valence-electron chi connectivity index (χ2n) is 11.9. The van der Waals surface area contributed by atoms with Gasteiger partial charge < -0.3 is 38.1 Å². The number of carbonyl (C=O) groups excluding carboxylic acids is 2. The van der Waals surface area contributed by atoms with Crippen molar-refractivity contribution in [2.45, 2.75) is 38.5 Å². The van der Waals surface area contributed by atoms with Crippen molar-refractivity contribution < 1.29 is 42.7 Å². The lowest BCUT2D eigenvalue weighted by Gasteiger charge is -2.45. The van der Waals surface area contributed by atoms with Gasteiger partial charge in [-0.3, -0.25) is 9.69 Å². The first-order chi connectivity index (χ1) is 22.2. The topological polar surface area (TPSA) is 118 Å². The van der Waals surface area contributed by atoms with Crippen molar-refractivity contribution in [2.75, 3.05) is 55.7 Å². The number of nitrogens with zero attached hydrogens (tertiary/aromatic N) is 1. The summed E-state index contributed by atoms with van der Waals surface area (Å²) in [6.45, 7) is 4.44. The fraction of sp³-hybridized carbons (Fsp3) is 0.486. The molecule has 11 nitrogen and oxygen atoms in total. The first-order valence-corrected chi connectivity index (χ1v) is 15.4. The van der Waals surface area contributed by atoms with Crippen LogP contribution in [0.15, 0.2) is 36.4 Å². The first-order valence-electron chi connectivity index (χ1n) is 15.4. The zero-order valence-electron chi connectivity index (χ0n) is 27.6. The van der Waals surface area contributed by atoms with Gasteiger partial charge >= 0.3 is 11.9 Å². The minimum absolute atomic E-state index is 0.0541. The number of benzene rings is 2. The number of H-pyrrole nitrogens is 1. The van der Waals surface area contributed by atoms with Gasteiger partial charge in [-0.2, -0.15) is 0 Å². The molecule has 1 saturated carbocycles. The highest BCUT2D eigenvalue weighted by Crippen LogP contribution is 2.41. The predicted molar refractivity (Wildman–Crippen MR) is 172 cm³/mol. The largest absolute Gasteiger partial charge is 0.497 e. The van der Waals surface area contributed by atoms with Gasteiger partial charge in [0.2, 0.25) is 5.75 Å². The summed E-state index contributed by atoms with van der Waals surface area (Å²) in [4.78, 5) is 32.3. The normalized spacial score (nSPS) is 23.2. The summed E-state index contributed by atoms with van der Waals surface area (Å²) in [6.07, 6.45) is 3.14. The Bertz CT molecular complexity index is 1560. The third-order valence-corrected chi connectivity index (χ3v) is 9.43. The Morgan fingerprint density at radius 2 is 1.72 bits per heavy atom. The number of hydrogen-bond acceptors (Lipinski definition) is 10. The van der Waals surface area contributed by atoms with Crippen molar-refractivity contribution in [1.82, 2.24) is 9.88 Å². The van der Waals surface area contributed by atoms with E-state index in [9.17, 15) is 9.59 Å². The molecule has 1 aromatic heterocycles. The van der Waals surface area contributed by atoms with Crippen LogP contribution < -0.4 is 18.9 Å². The molecule has 2 aromatic carbocycles. The van der Waals surface area contributed by atoms with Crippen LogP contribution in [0.4, 0.5) is 0 Å². The van der Waals surface area contributed by atoms with E-state index in [0.717, 1.165) is 37.3 Å². The number of ether oxygens (including phenoxy) is 7. The van der Waals surface area contributed by atoms with Gasteiger partial charge in [0.1, 0.15) is 18.0 Å². The van der Waals surface area contributed by atoms with Gasteiger partial charge in [-0.15, -0.1) is 0 Å². The SMILES string of the molecule is COC(=O)[C@H]1[C@@H](C)[C@@H](CN2CCc3c([nH]c4cc(OC)ccc34)C2)C[C@@H](OC(=O)/C=C/c2cc(OC)c(OC)c(OC)c2)[C@@H]1OC. The molecule has 46 heavy (non-hydrogen) atoms. The summed E-state index contributed by atoms with van der Waals surface area (Å²) in [5.74, 6) is 0.698. The third kappa shape index (κ3) is 6.66. The molecule has 11 heteroatoms. The van der Waals surface area contributed by atoms with Crippen LogP contribution in [-0.2, 0) is 36.8 Å². The third-order valence-electron chi connectivity index (χ3n) is 9.43. The number of aromatic amines is 1. The molecule has 3 aromatic rings. The number of aromatic nitrogens is 1. The molecule has 0 spiro atoms. The molecule has 0 unspecified atom stereocenters. The minimum atomic E-state index is -0.645. The van der Waals surface area contributed by atoms with Crippen LogP contribution in [0.2, 0.25) is 0 Å². The van der Waals surface area contributed by atoms with E-state index in [-0.39, 0.29) is 17.8 Å². The maximum Gasteiger partial charge on any atom is 0.331 e. The van der Waals surface area contributed by atoms with Gasteiger partial charge in [0.15, 0.2) is 11.5 Å². The Kier molecular flexibility index (Phi) is 10.4. The molecule has 2 heterocycles. The molecular formula is C35H44N2O9. The predicted octanol–water partition coefficient (Wildman–Crippen LogP) is 4.65. The molecule has 2 aliphatic rings. The van der Waals surface area contributed by atoms with E-state index < -0.39 is 24.1 Å². The second-order valence-corrected chi connectivity index (χ2v) is 11.9. The highest BCUT2D eigenvalue weighted by atomic mass is 16.6. The molecule has 1 fully saturated rings. The van der Waals surface area contributed by atoms with Crippen molar-refractivity contribution in [3.8, 4) is 23.0 Å². The van der Waals surface area contributed by atoms with Crippen molar-refractivity contribution in [3.05, 3.63) is 53.2 Å². The van der Waals surface area contributed by atoms with E-state index in [1.807, 2.05) is 12.1 Å². The smallest absolute Gasteiger partial charge is 0.331 e. The van der Waals surface area contributed by atoms with Crippen LogP contribution in [0.1, 0.15) is 30.2 Å². The summed E-state index contributed by atoms with van der Waals surface area (Å²) < 4.78 is 38.7. The van der Waals surface area contributed by atoms with E-state index in [2.05, 4.69) is 22.9 Å². The monoisotopic (exact) mass is 636 g/mol. The highest BCUT2D eigenvalue weighted by Gasteiger charge is 2.49. The van der Waals surface area contributed by atoms with E-state index in [1.165, 1.54) is 58.3 Å². The molecule has 0 radical (unpaired) electrons. The molecule has 1 aliphatic heterocycles. The van der Waals surface area contributed by atoms with E-state index in [1.54, 1.807) is 25.3 Å². The Hall–Kier alpha value is -4.22. The average Bonchev–Trinajstić information content (AvgIpc) is 3.44. The number of fused-ring (bicyclic) bond motifs is 3. The van der Waals surface area contributed by atoms with Crippen LogP contribution in [-0.4, -0.2) is 89.8 Å². The lowest BCUT2D eigenvalue weighted by atomic mass is 9.69. The number of hydrogen-bond donors (Lipinski definition) is 1. The molecule has 0 bridgehead atoms. The zero-order valence-corrected chi connectivity index (χ0v) is 27.6. The van der Waals surface area contributed by atoms with E-state index in [4.69, 9.17) is 33.2 Å². The van der Waals surface area contributed by atoms with E-state index in [0.29, 0.717) is 29.2 Å². The molecular weight excluding hydrogens is 592 g/mol. The Morgan fingerprint density at radius 3 is 2.35 bits per heavy atom. The van der Waals surface area contributed by atoms with Gasteiger partial charge in [0, 0.05) is 55.5 Å².